The third-order valence-electron chi connectivity index (χ3n) is 3.28. The number of rotatable bonds is 2. The molecule has 0 spiro atoms. The van der Waals surface area contributed by atoms with Crippen LogP contribution in [0.2, 0.25) is 0 Å². The normalized spacial score (nSPS) is 21.6. The van der Waals surface area contributed by atoms with Crippen molar-refractivity contribution in [2.24, 2.45) is 5.92 Å². The molecule has 2 heterocycles. The van der Waals surface area contributed by atoms with Crippen molar-refractivity contribution >= 4 is 28.4 Å². The van der Waals surface area contributed by atoms with E-state index in [0.717, 1.165) is 0 Å². The first-order chi connectivity index (χ1) is 9.15. The van der Waals surface area contributed by atoms with Gasteiger partial charge < -0.3 is 14.4 Å². The summed E-state index contributed by atoms with van der Waals surface area (Å²) in [4.78, 5) is 24.6. The maximum absolute atomic E-state index is 11.9. The van der Waals surface area contributed by atoms with E-state index in [0.29, 0.717) is 36.9 Å². The highest BCUT2D eigenvalue weighted by Crippen LogP contribution is 2.36. The average molecular weight is 282 g/mol. The van der Waals surface area contributed by atoms with E-state index in [1.807, 2.05) is 0 Å². The summed E-state index contributed by atoms with van der Waals surface area (Å²) in [6.07, 6.45) is 0.163. The van der Waals surface area contributed by atoms with Crippen LogP contribution in [-0.2, 0) is 9.59 Å². The van der Waals surface area contributed by atoms with E-state index in [1.54, 1.807) is 23.1 Å². The lowest BCUT2D eigenvalue weighted by Gasteiger charge is -2.22. The lowest BCUT2D eigenvalue weighted by molar-refractivity contribution is -0.120. The van der Waals surface area contributed by atoms with E-state index >= 15 is 0 Å². The quantitative estimate of drug-likeness (QED) is 0.772. The number of hydrogen-bond donors (Lipinski definition) is 0. The van der Waals surface area contributed by atoms with Gasteiger partial charge in [0.2, 0.25) is 11.1 Å². The number of carbonyl (C=O) groups is 2. The van der Waals surface area contributed by atoms with Crippen molar-refractivity contribution in [3.63, 3.8) is 0 Å². The molecular weight excluding hydrogens is 270 g/mol. The van der Waals surface area contributed by atoms with Gasteiger partial charge in [-0.2, -0.15) is 0 Å². The third kappa shape index (κ3) is 2.26. The van der Waals surface area contributed by atoms with E-state index in [-0.39, 0.29) is 12.3 Å². The third-order valence-corrected chi connectivity index (χ3v) is 3.59. The Kier molecular flexibility index (Phi) is 3.06. The second-order valence-corrected chi connectivity index (χ2v) is 4.91. The summed E-state index contributed by atoms with van der Waals surface area (Å²) in [5.74, 6) is 0.766. The second kappa shape index (κ2) is 4.74. The zero-order valence-corrected chi connectivity index (χ0v) is 10.9. The summed E-state index contributed by atoms with van der Waals surface area (Å²) in [5.41, 5.74) is 0.703. The highest BCUT2D eigenvalue weighted by molar-refractivity contribution is 6.64. The second-order valence-electron chi connectivity index (χ2n) is 4.54. The van der Waals surface area contributed by atoms with Gasteiger partial charge >= 0.3 is 0 Å². The largest absolute Gasteiger partial charge is 0.486 e. The van der Waals surface area contributed by atoms with Crippen molar-refractivity contribution in [2.75, 3.05) is 24.7 Å². The molecule has 2 aliphatic heterocycles. The van der Waals surface area contributed by atoms with Gasteiger partial charge in [0.15, 0.2) is 11.5 Å². The number of halogens is 1. The van der Waals surface area contributed by atoms with Gasteiger partial charge in [-0.25, -0.2) is 0 Å². The number of hydrogen-bond acceptors (Lipinski definition) is 4. The Morgan fingerprint density at radius 1 is 1.26 bits per heavy atom. The standard InChI is InChI=1S/C13H12ClNO4/c14-13(17)8-5-12(16)15(7-8)9-1-2-10-11(6-9)19-4-3-18-10/h1-2,6,8H,3-5,7H2/t8-/m0/s1. The molecule has 0 bridgehead atoms. The molecule has 0 aromatic heterocycles. The Morgan fingerprint density at radius 3 is 2.68 bits per heavy atom. The lowest BCUT2D eigenvalue weighted by atomic mass is 10.1. The molecule has 19 heavy (non-hydrogen) atoms. The monoisotopic (exact) mass is 281 g/mol. The molecule has 1 fully saturated rings. The summed E-state index contributed by atoms with van der Waals surface area (Å²) < 4.78 is 10.9. The minimum atomic E-state index is -0.464. The molecule has 1 saturated heterocycles. The van der Waals surface area contributed by atoms with Crippen LogP contribution in [0.5, 0.6) is 11.5 Å². The molecule has 0 saturated carbocycles. The molecule has 2 aliphatic rings. The fourth-order valence-corrected chi connectivity index (χ4v) is 2.46. The number of ether oxygens (including phenoxy) is 2. The van der Waals surface area contributed by atoms with E-state index in [2.05, 4.69) is 0 Å². The molecule has 1 aromatic rings. The first-order valence-corrected chi connectivity index (χ1v) is 6.42. The number of amides is 1. The predicted molar refractivity (Wildman–Crippen MR) is 68.8 cm³/mol. The van der Waals surface area contributed by atoms with Crippen LogP contribution in [0.4, 0.5) is 5.69 Å². The molecule has 6 heteroatoms. The van der Waals surface area contributed by atoms with Crippen LogP contribution in [0.15, 0.2) is 18.2 Å². The van der Waals surface area contributed by atoms with E-state index < -0.39 is 11.2 Å². The molecule has 3 rings (SSSR count). The predicted octanol–water partition coefficient (Wildman–Crippen LogP) is 1.58. The van der Waals surface area contributed by atoms with E-state index in [9.17, 15) is 9.59 Å². The van der Waals surface area contributed by atoms with Crippen molar-refractivity contribution in [1.29, 1.82) is 0 Å². The molecule has 1 amide bonds. The van der Waals surface area contributed by atoms with Crippen molar-refractivity contribution in [1.82, 2.24) is 0 Å². The Labute approximate surface area is 115 Å². The maximum Gasteiger partial charge on any atom is 0.227 e. The molecule has 100 valence electrons. The van der Waals surface area contributed by atoms with Gasteiger partial charge in [-0.1, -0.05) is 0 Å². The van der Waals surface area contributed by atoms with Crippen LogP contribution >= 0.6 is 11.6 Å². The number of benzene rings is 1. The van der Waals surface area contributed by atoms with Crippen molar-refractivity contribution in [3.8, 4) is 11.5 Å². The summed E-state index contributed by atoms with van der Waals surface area (Å²) in [7, 11) is 0. The molecule has 0 N–H and O–H groups in total. The lowest BCUT2D eigenvalue weighted by Crippen LogP contribution is -2.25. The fourth-order valence-electron chi connectivity index (χ4n) is 2.31. The highest BCUT2D eigenvalue weighted by atomic mass is 35.5. The average Bonchev–Trinajstić information content (AvgIpc) is 2.80. The summed E-state index contributed by atoms with van der Waals surface area (Å²) in [6, 6.07) is 5.31. The zero-order chi connectivity index (χ0) is 13.4. The van der Waals surface area contributed by atoms with Crippen molar-refractivity contribution in [3.05, 3.63) is 18.2 Å². The van der Waals surface area contributed by atoms with Gasteiger partial charge in [-0.05, 0) is 23.7 Å². The number of fused-ring (bicyclic) bond motifs is 1. The number of carbonyl (C=O) groups excluding carboxylic acids is 2. The van der Waals surface area contributed by atoms with Gasteiger partial charge in [0, 0.05) is 24.7 Å². The Hall–Kier alpha value is -1.75. The van der Waals surface area contributed by atoms with Gasteiger partial charge in [0.25, 0.3) is 0 Å². The van der Waals surface area contributed by atoms with Crippen molar-refractivity contribution < 1.29 is 19.1 Å². The Morgan fingerprint density at radius 2 is 2.00 bits per heavy atom. The fraction of sp³-hybridized carbons (Fsp3) is 0.385. The Balaban J connectivity index is 1.86. The van der Waals surface area contributed by atoms with Gasteiger partial charge in [-0.15, -0.1) is 0 Å². The van der Waals surface area contributed by atoms with Crippen LogP contribution in [0.1, 0.15) is 6.42 Å². The molecule has 5 nitrogen and oxygen atoms in total. The van der Waals surface area contributed by atoms with Crippen LogP contribution in [-0.4, -0.2) is 30.9 Å². The van der Waals surface area contributed by atoms with Crippen LogP contribution in [0, 0.1) is 5.92 Å². The summed E-state index contributed by atoms with van der Waals surface area (Å²) in [5, 5.41) is -0.464. The maximum atomic E-state index is 11.9. The van der Waals surface area contributed by atoms with Gasteiger partial charge in [0.1, 0.15) is 13.2 Å². The first-order valence-electron chi connectivity index (χ1n) is 6.04. The van der Waals surface area contributed by atoms with Gasteiger partial charge in [-0.3, -0.25) is 9.59 Å². The van der Waals surface area contributed by atoms with Gasteiger partial charge in [0.05, 0.1) is 5.92 Å². The summed E-state index contributed by atoms with van der Waals surface area (Å²) in [6.45, 7) is 1.34. The molecule has 1 atom stereocenters. The smallest absolute Gasteiger partial charge is 0.227 e. The SMILES string of the molecule is O=C(Cl)[C@H]1CC(=O)N(c2ccc3c(c2)OCCO3)C1. The first kappa shape index (κ1) is 12.3. The topological polar surface area (TPSA) is 55.8 Å². The van der Waals surface area contributed by atoms with Crippen LogP contribution < -0.4 is 14.4 Å². The van der Waals surface area contributed by atoms with E-state index in [1.165, 1.54) is 0 Å². The molecule has 0 unspecified atom stereocenters. The molecular formula is C13H12ClNO4. The molecule has 0 aliphatic carbocycles. The van der Waals surface area contributed by atoms with Crippen LogP contribution in [0.25, 0.3) is 0 Å². The number of anilines is 1. The molecule has 0 radical (unpaired) electrons. The van der Waals surface area contributed by atoms with E-state index in [4.69, 9.17) is 21.1 Å². The highest BCUT2D eigenvalue weighted by Gasteiger charge is 2.34. The van der Waals surface area contributed by atoms with Crippen LogP contribution in [0.3, 0.4) is 0 Å². The minimum absolute atomic E-state index is 0.101. The minimum Gasteiger partial charge on any atom is -0.486 e. The van der Waals surface area contributed by atoms with Crippen molar-refractivity contribution in [2.45, 2.75) is 6.42 Å². The summed E-state index contributed by atoms with van der Waals surface area (Å²) >= 11 is 5.46. The Bertz CT molecular complexity index is 545. The zero-order valence-electron chi connectivity index (χ0n) is 10.1. The number of nitrogens with zero attached hydrogens (tertiary/aromatic N) is 1. The molecule has 1 aromatic carbocycles.